The zero-order valence-corrected chi connectivity index (χ0v) is 15.6. The third-order valence-electron chi connectivity index (χ3n) is 4.25. The van der Waals surface area contributed by atoms with Gasteiger partial charge in [-0.15, -0.1) is 11.3 Å². The lowest BCUT2D eigenvalue weighted by Gasteiger charge is -2.01. The number of hydrogen-bond acceptors (Lipinski definition) is 7. The predicted octanol–water partition coefficient (Wildman–Crippen LogP) is 4.84. The fourth-order valence-electron chi connectivity index (χ4n) is 2.84. The highest BCUT2D eigenvalue weighted by molar-refractivity contribution is 7.16. The van der Waals surface area contributed by atoms with Crippen molar-refractivity contribution < 1.29 is 19.2 Å². The van der Waals surface area contributed by atoms with E-state index in [1.165, 1.54) is 29.5 Å². The number of ketones is 1. The molecule has 0 N–H and O–H groups in total. The molecule has 0 fully saturated rings. The molecule has 0 bridgehead atoms. The van der Waals surface area contributed by atoms with Gasteiger partial charge in [-0.3, -0.25) is 14.9 Å². The molecule has 3 aromatic rings. The topological polar surface area (TPSA) is 102 Å². The van der Waals surface area contributed by atoms with E-state index in [1.54, 1.807) is 42.5 Å². The van der Waals surface area contributed by atoms with Crippen LogP contribution in [-0.2, 0) is 0 Å². The van der Waals surface area contributed by atoms with E-state index in [0.717, 1.165) is 4.88 Å². The maximum Gasteiger partial charge on any atom is 0.270 e. The van der Waals surface area contributed by atoms with E-state index in [-0.39, 0.29) is 18.1 Å². The Kier molecular flexibility index (Phi) is 4.81. The summed E-state index contributed by atoms with van der Waals surface area (Å²) >= 11 is 1.34. The smallest absolute Gasteiger partial charge is 0.270 e. The molecule has 29 heavy (non-hydrogen) atoms. The first kappa shape index (κ1) is 18.4. The van der Waals surface area contributed by atoms with Crippen LogP contribution in [0.4, 0.5) is 5.69 Å². The minimum atomic E-state index is -0.449. The highest BCUT2D eigenvalue weighted by Crippen LogP contribution is 2.34. The number of fused-ring (bicyclic) bond motifs is 1. The van der Waals surface area contributed by atoms with E-state index in [4.69, 9.17) is 9.47 Å². The summed E-state index contributed by atoms with van der Waals surface area (Å²) < 4.78 is 10.5. The number of ether oxygens (including phenoxy) is 2. The van der Waals surface area contributed by atoms with Crippen molar-refractivity contribution in [3.63, 3.8) is 0 Å². The van der Waals surface area contributed by atoms with Gasteiger partial charge in [0, 0.05) is 27.5 Å². The third-order valence-corrected chi connectivity index (χ3v) is 5.34. The highest BCUT2D eigenvalue weighted by atomic mass is 32.1. The van der Waals surface area contributed by atoms with E-state index in [1.807, 2.05) is 6.07 Å². The van der Waals surface area contributed by atoms with Gasteiger partial charge in [0.25, 0.3) is 5.69 Å². The molecule has 0 unspecified atom stereocenters. The summed E-state index contributed by atoms with van der Waals surface area (Å²) in [5.41, 5.74) is 1.02. The van der Waals surface area contributed by atoms with E-state index in [9.17, 15) is 20.2 Å². The van der Waals surface area contributed by atoms with Gasteiger partial charge in [-0.05, 0) is 42.0 Å². The van der Waals surface area contributed by atoms with Crippen molar-refractivity contribution in [3.05, 3.63) is 80.7 Å². The predicted molar refractivity (Wildman–Crippen MR) is 107 cm³/mol. The van der Waals surface area contributed by atoms with Gasteiger partial charge < -0.3 is 9.47 Å². The maximum atomic E-state index is 12.7. The molecule has 2 heterocycles. The molecule has 142 valence electrons. The number of hydrogen-bond donors (Lipinski definition) is 0. The van der Waals surface area contributed by atoms with Gasteiger partial charge >= 0.3 is 0 Å². The van der Waals surface area contributed by atoms with Crippen LogP contribution in [0.1, 0.15) is 15.2 Å². The van der Waals surface area contributed by atoms with E-state index in [0.29, 0.717) is 27.5 Å². The second kappa shape index (κ2) is 7.58. The Labute approximate surface area is 169 Å². The summed E-state index contributed by atoms with van der Waals surface area (Å²) in [6, 6.07) is 16.6. The third kappa shape index (κ3) is 3.72. The Balaban J connectivity index is 1.61. The molecule has 0 amide bonds. The van der Waals surface area contributed by atoms with Gasteiger partial charge in [0.1, 0.15) is 11.6 Å². The molecule has 7 nitrogen and oxygen atoms in total. The summed E-state index contributed by atoms with van der Waals surface area (Å²) in [6.45, 7) is 0.101. The second-order valence-electron chi connectivity index (χ2n) is 6.08. The summed E-state index contributed by atoms with van der Waals surface area (Å²) in [4.78, 5) is 24.7. The zero-order valence-electron chi connectivity index (χ0n) is 14.8. The molecule has 2 aromatic carbocycles. The number of nitro benzene ring substituents is 1. The fraction of sp³-hybridized carbons (Fsp3) is 0.0476. The molecular weight excluding hydrogens is 392 g/mol. The van der Waals surface area contributed by atoms with Crippen LogP contribution in [0.2, 0.25) is 0 Å². The van der Waals surface area contributed by atoms with Gasteiger partial charge in [0.15, 0.2) is 11.5 Å². The zero-order chi connectivity index (χ0) is 20.4. The number of nitrogens with zero attached hydrogens (tertiary/aromatic N) is 2. The van der Waals surface area contributed by atoms with Crippen LogP contribution in [0.3, 0.4) is 0 Å². The number of carbonyl (C=O) groups excluding carboxylic acids is 1. The van der Waals surface area contributed by atoms with Gasteiger partial charge in [-0.25, -0.2) is 0 Å². The van der Waals surface area contributed by atoms with Crippen LogP contribution in [0, 0.1) is 21.4 Å². The molecule has 1 aliphatic heterocycles. The summed E-state index contributed by atoms with van der Waals surface area (Å²) in [7, 11) is 0. The Hall–Kier alpha value is -3.96. The van der Waals surface area contributed by atoms with Crippen LogP contribution < -0.4 is 9.47 Å². The molecular formula is C21H12N2O5S. The number of nitriles is 1. The normalized spacial score (nSPS) is 12.4. The minimum absolute atomic E-state index is 0.00342. The standard InChI is InChI=1S/C21H12N2O5S/c22-11-15(21(24)14-4-6-18-19(10-14)28-12-27-18)9-17-5-7-20(29-17)13-2-1-3-16(8-13)23(25)26/h1-10H,12H2. The number of benzene rings is 2. The number of nitro groups is 1. The average molecular weight is 404 g/mol. The maximum absolute atomic E-state index is 12.7. The van der Waals surface area contributed by atoms with E-state index in [2.05, 4.69) is 0 Å². The first-order valence-electron chi connectivity index (χ1n) is 8.46. The van der Waals surface area contributed by atoms with Crippen LogP contribution in [0.5, 0.6) is 11.5 Å². The van der Waals surface area contributed by atoms with Crippen molar-refractivity contribution in [1.29, 1.82) is 5.26 Å². The molecule has 1 aliphatic rings. The number of carbonyl (C=O) groups is 1. The van der Waals surface area contributed by atoms with Crippen LogP contribution in [0.15, 0.2) is 60.2 Å². The quantitative estimate of drug-likeness (QED) is 0.198. The summed E-state index contributed by atoms with van der Waals surface area (Å²) in [5.74, 6) is 0.609. The Morgan fingerprint density at radius 3 is 2.76 bits per heavy atom. The lowest BCUT2D eigenvalue weighted by atomic mass is 10.0. The summed E-state index contributed by atoms with van der Waals surface area (Å²) in [6.07, 6.45) is 1.51. The molecule has 0 aliphatic carbocycles. The van der Waals surface area contributed by atoms with E-state index >= 15 is 0 Å². The van der Waals surface area contributed by atoms with Crippen LogP contribution >= 0.6 is 11.3 Å². The van der Waals surface area contributed by atoms with Gasteiger partial charge in [-0.1, -0.05) is 12.1 Å². The number of allylic oxidation sites excluding steroid dienone is 1. The Bertz CT molecular complexity index is 1210. The minimum Gasteiger partial charge on any atom is -0.454 e. The number of rotatable bonds is 5. The van der Waals surface area contributed by atoms with Crippen molar-refractivity contribution in [2.75, 3.05) is 6.79 Å². The molecule has 1 aromatic heterocycles. The molecule has 4 rings (SSSR count). The largest absolute Gasteiger partial charge is 0.454 e. The second-order valence-corrected chi connectivity index (χ2v) is 7.19. The SMILES string of the molecule is N#CC(=Cc1ccc(-c2cccc([N+](=O)[O-])c2)s1)C(=O)c1ccc2c(c1)OCO2. The Morgan fingerprint density at radius 2 is 1.97 bits per heavy atom. The van der Waals surface area contributed by atoms with Crippen molar-refractivity contribution >= 4 is 28.9 Å². The van der Waals surface area contributed by atoms with Crippen LogP contribution in [-0.4, -0.2) is 17.5 Å². The van der Waals surface area contributed by atoms with Gasteiger partial charge in [0.2, 0.25) is 12.6 Å². The lowest BCUT2D eigenvalue weighted by molar-refractivity contribution is -0.384. The number of Topliss-reactive ketones (excluding diaryl/α,β-unsaturated/α-hetero) is 1. The van der Waals surface area contributed by atoms with Crippen molar-refractivity contribution in [2.24, 2.45) is 0 Å². The first-order chi connectivity index (χ1) is 14.0. The average Bonchev–Trinajstić information content (AvgIpc) is 3.40. The number of non-ortho nitro benzene ring substituents is 1. The Morgan fingerprint density at radius 1 is 1.14 bits per heavy atom. The van der Waals surface area contributed by atoms with Crippen molar-refractivity contribution in [1.82, 2.24) is 0 Å². The summed E-state index contributed by atoms with van der Waals surface area (Å²) in [5, 5.41) is 20.4. The van der Waals surface area contributed by atoms with Crippen molar-refractivity contribution in [3.8, 4) is 28.0 Å². The molecule has 0 atom stereocenters. The van der Waals surface area contributed by atoms with Crippen molar-refractivity contribution in [2.45, 2.75) is 0 Å². The lowest BCUT2D eigenvalue weighted by Crippen LogP contribution is -2.01. The van der Waals surface area contributed by atoms with Gasteiger partial charge in [0.05, 0.1) is 4.92 Å². The molecule has 0 spiro atoms. The molecule has 0 saturated carbocycles. The number of thiophene rings is 1. The molecule has 0 saturated heterocycles. The van der Waals surface area contributed by atoms with E-state index < -0.39 is 10.7 Å². The highest BCUT2D eigenvalue weighted by Gasteiger charge is 2.19. The van der Waals surface area contributed by atoms with Crippen LogP contribution in [0.25, 0.3) is 16.5 Å². The first-order valence-corrected chi connectivity index (χ1v) is 9.27. The molecule has 0 radical (unpaired) electrons. The van der Waals surface area contributed by atoms with Gasteiger partial charge in [-0.2, -0.15) is 5.26 Å². The fourth-order valence-corrected chi connectivity index (χ4v) is 3.79. The monoisotopic (exact) mass is 404 g/mol. The molecule has 8 heteroatoms.